The van der Waals surface area contributed by atoms with Gasteiger partial charge in [-0.1, -0.05) is 6.92 Å². The van der Waals surface area contributed by atoms with Gasteiger partial charge < -0.3 is 4.98 Å². The van der Waals surface area contributed by atoms with E-state index in [-0.39, 0.29) is 6.04 Å². The molecule has 3 N–H and O–H groups in total. The summed E-state index contributed by atoms with van der Waals surface area (Å²) in [6, 6.07) is -0.366. The van der Waals surface area contributed by atoms with Gasteiger partial charge >= 0.3 is 0 Å². The predicted octanol–water partition coefficient (Wildman–Crippen LogP) is 0.305. The van der Waals surface area contributed by atoms with Crippen LogP contribution in [0.25, 0.3) is 0 Å². The van der Waals surface area contributed by atoms with Crippen LogP contribution in [-0.2, 0) is 10.2 Å². The first-order valence-electron chi connectivity index (χ1n) is 4.81. The van der Waals surface area contributed by atoms with Gasteiger partial charge in [-0.05, 0) is 13.3 Å². The molecule has 1 unspecified atom stereocenters. The average Bonchev–Trinajstić information content (AvgIpc) is 2.67. The monoisotopic (exact) mass is 232 g/mol. The van der Waals surface area contributed by atoms with Crippen molar-refractivity contribution in [2.24, 2.45) is 0 Å². The molecule has 7 heteroatoms. The number of rotatable bonds is 6. The van der Waals surface area contributed by atoms with Crippen LogP contribution < -0.4 is 9.44 Å². The Hall–Kier alpha value is -0.920. The van der Waals surface area contributed by atoms with Crippen LogP contribution in [0.4, 0.5) is 0 Å². The van der Waals surface area contributed by atoms with E-state index in [0.29, 0.717) is 12.4 Å². The zero-order chi connectivity index (χ0) is 11.3. The Balaban J connectivity index is 2.54. The van der Waals surface area contributed by atoms with E-state index < -0.39 is 10.2 Å². The number of nitrogens with zero attached hydrogens (tertiary/aromatic N) is 1. The van der Waals surface area contributed by atoms with Crippen LogP contribution in [0.5, 0.6) is 0 Å². The molecule has 0 saturated heterocycles. The van der Waals surface area contributed by atoms with Crippen LogP contribution in [0.15, 0.2) is 12.4 Å². The Bertz CT molecular complexity index is 373. The number of H-pyrrole nitrogens is 1. The minimum Gasteiger partial charge on any atom is -0.347 e. The summed E-state index contributed by atoms with van der Waals surface area (Å²) in [5.74, 6) is 0.594. The summed E-state index contributed by atoms with van der Waals surface area (Å²) in [7, 11) is -3.43. The lowest BCUT2D eigenvalue weighted by Gasteiger charge is -2.12. The third-order valence-electron chi connectivity index (χ3n) is 1.80. The molecule has 1 aromatic rings. The summed E-state index contributed by atoms with van der Waals surface area (Å²) in [6.45, 7) is 4.06. The normalized spacial score (nSPS) is 14.0. The SMILES string of the molecule is CCCNS(=O)(=O)NC(C)c1ncc[nH]1. The zero-order valence-electron chi connectivity index (χ0n) is 8.82. The largest absolute Gasteiger partial charge is 0.347 e. The van der Waals surface area contributed by atoms with Crippen LogP contribution >= 0.6 is 0 Å². The molecule has 86 valence electrons. The first-order valence-corrected chi connectivity index (χ1v) is 6.29. The third-order valence-corrected chi connectivity index (χ3v) is 3.05. The molecule has 15 heavy (non-hydrogen) atoms. The lowest BCUT2D eigenvalue weighted by molar-refractivity contribution is 0.546. The van der Waals surface area contributed by atoms with Crippen molar-refractivity contribution in [2.75, 3.05) is 6.54 Å². The minimum atomic E-state index is -3.43. The molecular formula is C8H16N4O2S. The van der Waals surface area contributed by atoms with E-state index in [9.17, 15) is 8.42 Å². The third kappa shape index (κ3) is 3.98. The smallest absolute Gasteiger partial charge is 0.277 e. The molecule has 0 bridgehead atoms. The number of hydrogen-bond acceptors (Lipinski definition) is 3. The van der Waals surface area contributed by atoms with Gasteiger partial charge in [0.05, 0.1) is 6.04 Å². The van der Waals surface area contributed by atoms with Crippen molar-refractivity contribution in [2.45, 2.75) is 26.3 Å². The van der Waals surface area contributed by atoms with Gasteiger partial charge in [-0.15, -0.1) is 0 Å². The highest BCUT2D eigenvalue weighted by atomic mass is 32.2. The van der Waals surface area contributed by atoms with Crippen LogP contribution in [-0.4, -0.2) is 24.9 Å². The molecule has 0 aliphatic carbocycles. The molecule has 0 amide bonds. The average molecular weight is 232 g/mol. The Morgan fingerprint density at radius 3 is 2.87 bits per heavy atom. The molecule has 0 aromatic carbocycles. The summed E-state index contributed by atoms with van der Waals surface area (Å²) in [4.78, 5) is 6.82. The van der Waals surface area contributed by atoms with Crippen molar-refractivity contribution in [1.82, 2.24) is 19.4 Å². The fourth-order valence-electron chi connectivity index (χ4n) is 1.08. The van der Waals surface area contributed by atoms with E-state index in [1.165, 1.54) is 0 Å². The highest BCUT2D eigenvalue weighted by Crippen LogP contribution is 2.05. The fraction of sp³-hybridized carbons (Fsp3) is 0.625. The molecule has 1 heterocycles. The number of hydrogen-bond donors (Lipinski definition) is 3. The minimum absolute atomic E-state index is 0.366. The van der Waals surface area contributed by atoms with E-state index >= 15 is 0 Å². The maximum absolute atomic E-state index is 11.4. The highest BCUT2D eigenvalue weighted by molar-refractivity contribution is 7.87. The van der Waals surface area contributed by atoms with Crippen molar-refractivity contribution < 1.29 is 8.42 Å². The molecule has 1 rings (SSSR count). The maximum atomic E-state index is 11.4. The number of aromatic nitrogens is 2. The molecule has 0 aliphatic rings. The molecule has 1 aromatic heterocycles. The fourth-order valence-corrected chi connectivity index (χ4v) is 2.21. The Kier molecular flexibility index (Phi) is 4.25. The van der Waals surface area contributed by atoms with Crippen molar-refractivity contribution in [3.63, 3.8) is 0 Å². The number of aromatic amines is 1. The zero-order valence-corrected chi connectivity index (χ0v) is 9.63. The van der Waals surface area contributed by atoms with Crippen molar-refractivity contribution in [3.8, 4) is 0 Å². The molecule has 0 saturated carbocycles. The molecule has 1 atom stereocenters. The Morgan fingerprint density at radius 1 is 1.60 bits per heavy atom. The van der Waals surface area contributed by atoms with Gasteiger partial charge in [-0.25, -0.2) is 9.71 Å². The topological polar surface area (TPSA) is 86.9 Å². The maximum Gasteiger partial charge on any atom is 0.277 e. The molecule has 0 fully saturated rings. The standard InChI is InChI=1S/C8H16N4O2S/c1-3-4-11-15(13,14)12-7(2)8-9-5-6-10-8/h5-7,11-12H,3-4H2,1-2H3,(H,9,10). The van der Waals surface area contributed by atoms with Crippen molar-refractivity contribution in [1.29, 1.82) is 0 Å². The Labute approximate surface area is 89.7 Å². The Morgan fingerprint density at radius 2 is 2.33 bits per heavy atom. The lowest BCUT2D eigenvalue weighted by atomic mass is 10.3. The van der Waals surface area contributed by atoms with Gasteiger partial charge in [-0.2, -0.15) is 13.1 Å². The van der Waals surface area contributed by atoms with E-state index in [2.05, 4.69) is 19.4 Å². The molecule has 6 nitrogen and oxygen atoms in total. The van der Waals surface area contributed by atoms with Gasteiger partial charge in [0.25, 0.3) is 10.2 Å². The van der Waals surface area contributed by atoms with E-state index in [0.717, 1.165) is 6.42 Å². The van der Waals surface area contributed by atoms with Gasteiger partial charge in [0.1, 0.15) is 5.82 Å². The highest BCUT2D eigenvalue weighted by Gasteiger charge is 2.15. The van der Waals surface area contributed by atoms with Gasteiger partial charge in [0.15, 0.2) is 0 Å². The van der Waals surface area contributed by atoms with Crippen LogP contribution in [0, 0.1) is 0 Å². The second-order valence-electron chi connectivity index (χ2n) is 3.21. The molecule has 0 spiro atoms. The predicted molar refractivity (Wildman–Crippen MR) is 57.4 cm³/mol. The summed E-state index contributed by atoms with van der Waals surface area (Å²) in [6.07, 6.45) is 4.00. The van der Waals surface area contributed by atoms with Crippen molar-refractivity contribution >= 4 is 10.2 Å². The first-order chi connectivity index (χ1) is 7.05. The van der Waals surface area contributed by atoms with Crippen LogP contribution in [0.2, 0.25) is 0 Å². The second kappa shape index (κ2) is 5.24. The van der Waals surface area contributed by atoms with Crippen LogP contribution in [0.3, 0.4) is 0 Å². The summed E-state index contributed by atoms with van der Waals surface area (Å²) in [5.41, 5.74) is 0. The van der Waals surface area contributed by atoms with Gasteiger partial charge in [-0.3, -0.25) is 0 Å². The molecular weight excluding hydrogens is 216 g/mol. The molecule has 0 radical (unpaired) electrons. The summed E-state index contributed by atoms with van der Waals surface area (Å²) in [5, 5.41) is 0. The van der Waals surface area contributed by atoms with Crippen LogP contribution in [0.1, 0.15) is 32.1 Å². The quantitative estimate of drug-likeness (QED) is 0.659. The van der Waals surface area contributed by atoms with Gasteiger partial charge in [0.2, 0.25) is 0 Å². The van der Waals surface area contributed by atoms with Crippen molar-refractivity contribution in [3.05, 3.63) is 18.2 Å². The molecule has 0 aliphatic heterocycles. The first kappa shape index (κ1) is 12.2. The number of imidazole rings is 1. The van der Waals surface area contributed by atoms with E-state index in [1.54, 1.807) is 19.3 Å². The number of nitrogens with one attached hydrogen (secondary N) is 3. The summed E-state index contributed by atoms with van der Waals surface area (Å²) < 4.78 is 27.7. The lowest BCUT2D eigenvalue weighted by Crippen LogP contribution is -2.38. The van der Waals surface area contributed by atoms with Gasteiger partial charge in [0, 0.05) is 18.9 Å². The van der Waals surface area contributed by atoms with E-state index in [1.807, 2.05) is 6.92 Å². The second-order valence-corrected chi connectivity index (χ2v) is 4.74. The summed E-state index contributed by atoms with van der Waals surface area (Å²) >= 11 is 0. The van der Waals surface area contributed by atoms with E-state index in [4.69, 9.17) is 0 Å².